The average Bonchev–Trinajstić information content (AvgIpc) is 3.35. The van der Waals surface area contributed by atoms with Gasteiger partial charge in [-0.2, -0.15) is 0 Å². The first-order chi connectivity index (χ1) is 12.6. The summed E-state index contributed by atoms with van der Waals surface area (Å²) in [6.07, 6.45) is 3.46. The minimum Gasteiger partial charge on any atom is -0.502 e. The van der Waals surface area contributed by atoms with E-state index in [1.165, 1.54) is 42.3 Å². The number of nitrogens with zero attached hydrogens (tertiary/aromatic N) is 3. The molecule has 8 heteroatoms. The number of carbonyl (C=O) groups is 1. The number of esters is 1. The molecule has 0 N–H and O–H groups in total. The monoisotopic (exact) mass is 389 g/mol. The zero-order valence-corrected chi connectivity index (χ0v) is 16.3. The first kappa shape index (κ1) is 18.3. The molecule has 0 bridgehead atoms. The molecule has 1 aliphatic heterocycles. The Bertz CT molecular complexity index is 833. The maximum Gasteiger partial charge on any atom is 0.357 e. The molecule has 2 aromatic rings. The molecule has 3 rings (SSSR count). The first-order valence-corrected chi connectivity index (χ1v) is 9.67. The average molecular weight is 390 g/mol. The number of likely N-dealkylation sites (N-methyl/N-ethyl adjacent to an activating group) is 1. The second kappa shape index (κ2) is 8.29. The number of ether oxygens (including phenoxy) is 2. The molecule has 0 radical (unpaired) electrons. The van der Waals surface area contributed by atoms with Crippen molar-refractivity contribution in [2.75, 3.05) is 36.9 Å². The molecule has 26 heavy (non-hydrogen) atoms. The molecular weight excluding hydrogens is 370 g/mol. The van der Waals surface area contributed by atoms with Crippen LogP contribution in [0.1, 0.15) is 5.56 Å². The summed E-state index contributed by atoms with van der Waals surface area (Å²) in [5.41, 5.74) is 1.48. The Labute approximate surface area is 160 Å². The topological polar surface area (TPSA) is 54.9 Å². The number of methoxy groups -OCH3 is 2. The molecule has 0 aliphatic carbocycles. The van der Waals surface area contributed by atoms with Crippen LogP contribution in [-0.2, 0) is 14.3 Å². The van der Waals surface area contributed by atoms with Crippen molar-refractivity contribution >= 4 is 44.9 Å². The van der Waals surface area contributed by atoms with E-state index in [-0.39, 0.29) is 5.70 Å². The molecule has 0 unspecified atom stereocenters. The lowest BCUT2D eigenvalue weighted by atomic mass is 10.2. The Balaban J connectivity index is 1.79. The van der Waals surface area contributed by atoms with Crippen molar-refractivity contribution in [2.24, 2.45) is 0 Å². The Hall–Kier alpha value is -2.45. The molecule has 6 nitrogen and oxygen atoms in total. The SMILES string of the molecule is COC=C(C(=O)OC)N(C)c1nc(N2C=C(c3ccccc3)SC2)cs1. The summed E-state index contributed by atoms with van der Waals surface area (Å²) >= 11 is 3.23. The van der Waals surface area contributed by atoms with Gasteiger partial charge < -0.3 is 19.3 Å². The third kappa shape index (κ3) is 3.86. The van der Waals surface area contributed by atoms with E-state index in [9.17, 15) is 4.79 Å². The van der Waals surface area contributed by atoms with Crippen LogP contribution in [0.3, 0.4) is 0 Å². The summed E-state index contributed by atoms with van der Waals surface area (Å²) in [7, 11) is 4.58. The van der Waals surface area contributed by atoms with Crippen LogP contribution in [-0.4, -0.2) is 38.1 Å². The Morgan fingerprint density at radius 3 is 2.77 bits per heavy atom. The zero-order valence-electron chi connectivity index (χ0n) is 14.7. The fourth-order valence-electron chi connectivity index (χ4n) is 2.37. The standard InChI is InChI=1S/C18H19N3O3S2/c1-20(14(10-23-2)17(22)24-3)18-19-16(11-25-18)21-9-15(26-12-21)13-7-5-4-6-8-13/h4-11H,12H2,1-3H3. The molecular formula is C18H19N3O3S2. The zero-order chi connectivity index (χ0) is 18.5. The number of thioether (sulfide) groups is 1. The van der Waals surface area contributed by atoms with E-state index in [2.05, 4.69) is 28.2 Å². The molecule has 1 aromatic heterocycles. The van der Waals surface area contributed by atoms with Gasteiger partial charge in [-0.15, -0.1) is 23.1 Å². The number of anilines is 2. The normalized spacial score (nSPS) is 14.2. The highest BCUT2D eigenvalue weighted by Crippen LogP contribution is 2.38. The summed E-state index contributed by atoms with van der Waals surface area (Å²) in [4.78, 5) is 21.5. The molecule has 0 spiro atoms. The van der Waals surface area contributed by atoms with Crippen molar-refractivity contribution in [1.29, 1.82) is 0 Å². The number of hydrogen-bond acceptors (Lipinski definition) is 8. The molecule has 0 amide bonds. The number of thiazole rings is 1. The highest BCUT2D eigenvalue weighted by Gasteiger charge is 2.22. The van der Waals surface area contributed by atoms with Gasteiger partial charge in [0.1, 0.15) is 12.1 Å². The number of benzene rings is 1. The number of hydrogen-bond donors (Lipinski definition) is 0. The van der Waals surface area contributed by atoms with Crippen molar-refractivity contribution in [3.63, 3.8) is 0 Å². The summed E-state index contributed by atoms with van der Waals surface area (Å²) < 4.78 is 9.79. The summed E-state index contributed by atoms with van der Waals surface area (Å²) in [6.45, 7) is 0. The Morgan fingerprint density at radius 1 is 1.31 bits per heavy atom. The van der Waals surface area contributed by atoms with E-state index in [4.69, 9.17) is 9.47 Å². The number of carbonyl (C=O) groups excluding carboxylic acids is 1. The molecule has 0 saturated heterocycles. The highest BCUT2D eigenvalue weighted by atomic mass is 32.2. The van der Waals surface area contributed by atoms with Crippen LogP contribution in [0.4, 0.5) is 10.9 Å². The van der Waals surface area contributed by atoms with Gasteiger partial charge in [0.05, 0.1) is 20.1 Å². The van der Waals surface area contributed by atoms with Crippen molar-refractivity contribution in [3.05, 3.63) is 59.4 Å². The van der Waals surface area contributed by atoms with Gasteiger partial charge in [0, 0.05) is 23.5 Å². The third-order valence-corrected chi connectivity index (χ3v) is 5.70. The van der Waals surface area contributed by atoms with Crippen LogP contribution in [0.5, 0.6) is 0 Å². The van der Waals surface area contributed by atoms with Gasteiger partial charge in [0.2, 0.25) is 0 Å². The van der Waals surface area contributed by atoms with E-state index >= 15 is 0 Å². The smallest absolute Gasteiger partial charge is 0.357 e. The Morgan fingerprint density at radius 2 is 2.08 bits per heavy atom. The van der Waals surface area contributed by atoms with Crippen LogP contribution in [0.25, 0.3) is 4.91 Å². The Kier molecular flexibility index (Phi) is 5.85. The fraction of sp³-hybridized carbons (Fsp3) is 0.222. The second-order valence-corrected chi connectivity index (χ2v) is 7.20. The van der Waals surface area contributed by atoms with Gasteiger partial charge in [-0.3, -0.25) is 0 Å². The van der Waals surface area contributed by atoms with E-state index in [1.54, 1.807) is 23.7 Å². The minimum atomic E-state index is -0.478. The molecule has 0 atom stereocenters. The van der Waals surface area contributed by atoms with Crippen molar-refractivity contribution in [1.82, 2.24) is 4.98 Å². The van der Waals surface area contributed by atoms with Crippen LogP contribution < -0.4 is 9.80 Å². The molecule has 1 aliphatic rings. The summed E-state index contributed by atoms with van der Waals surface area (Å²) in [6, 6.07) is 10.3. The fourth-order valence-corrected chi connectivity index (χ4v) is 4.16. The maximum atomic E-state index is 11.9. The van der Waals surface area contributed by atoms with E-state index in [1.807, 2.05) is 23.6 Å². The van der Waals surface area contributed by atoms with E-state index in [0.29, 0.717) is 5.13 Å². The van der Waals surface area contributed by atoms with Gasteiger partial charge >= 0.3 is 5.97 Å². The lowest BCUT2D eigenvalue weighted by Gasteiger charge is -2.17. The predicted octanol–water partition coefficient (Wildman–Crippen LogP) is 3.75. The first-order valence-electron chi connectivity index (χ1n) is 7.81. The minimum absolute atomic E-state index is 0.284. The molecule has 0 fully saturated rings. The van der Waals surface area contributed by atoms with Crippen molar-refractivity contribution in [2.45, 2.75) is 0 Å². The lowest BCUT2D eigenvalue weighted by molar-refractivity contribution is -0.136. The van der Waals surface area contributed by atoms with E-state index in [0.717, 1.165) is 11.7 Å². The number of rotatable bonds is 6. The maximum absolute atomic E-state index is 11.9. The lowest BCUT2D eigenvalue weighted by Crippen LogP contribution is -2.24. The predicted molar refractivity (Wildman–Crippen MR) is 107 cm³/mol. The third-order valence-electron chi connectivity index (χ3n) is 3.74. The van der Waals surface area contributed by atoms with Crippen LogP contribution in [0, 0.1) is 0 Å². The van der Waals surface area contributed by atoms with Crippen LogP contribution >= 0.6 is 23.1 Å². The van der Waals surface area contributed by atoms with Crippen molar-refractivity contribution < 1.29 is 14.3 Å². The molecule has 1 aromatic carbocycles. The van der Waals surface area contributed by atoms with E-state index < -0.39 is 5.97 Å². The van der Waals surface area contributed by atoms with Crippen LogP contribution in [0.2, 0.25) is 0 Å². The van der Waals surface area contributed by atoms with Crippen molar-refractivity contribution in [3.8, 4) is 0 Å². The highest BCUT2D eigenvalue weighted by molar-refractivity contribution is 8.08. The molecule has 0 saturated carbocycles. The van der Waals surface area contributed by atoms with Gasteiger partial charge in [-0.05, 0) is 5.56 Å². The van der Waals surface area contributed by atoms with Gasteiger partial charge in [0.25, 0.3) is 0 Å². The summed E-state index contributed by atoms with van der Waals surface area (Å²) in [5.74, 6) is 1.17. The van der Waals surface area contributed by atoms with Gasteiger partial charge in [-0.1, -0.05) is 30.3 Å². The number of aromatic nitrogens is 1. The molecule has 136 valence electrons. The quantitative estimate of drug-likeness (QED) is 0.424. The molecule has 2 heterocycles. The summed E-state index contributed by atoms with van der Waals surface area (Å²) in [5, 5.41) is 2.65. The largest absolute Gasteiger partial charge is 0.502 e. The second-order valence-electron chi connectivity index (χ2n) is 5.38. The van der Waals surface area contributed by atoms with Gasteiger partial charge in [0.15, 0.2) is 10.8 Å². The van der Waals surface area contributed by atoms with Crippen LogP contribution in [0.15, 0.2) is 53.9 Å². The van der Waals surface area contributed by atoms with Gasteiger partial charge in [-0.25, -0.2) is 9.78 Å².